The van der Waals surface area contributed by atoms with Gasteiger partial charge in [0.25, 0.3) is 0 Å². The molecule has 0 saturated heterocycles. The lowest BCUT2D eigenvalue weighted by Gasteiger charge is -2.06. The zero-order chi connectivity index (χ0) is 9.19. The van der Waals surface area contributed by atoms with Gasteiger partial charge in [-0.3, -0.25) is 4.79 Å². The predicted molar refractivity (Wildman–Crippen MR) is 45.1 cm³/mol. The van der Waals surface area contributed by atoms with Crippen LogP contribution in [0.1, 0.15) is 19.8 Å². The van der Waals surface area contributed by atoms with E-state index in [0.29, 0.717) is 19.4 Å². The number of carbonyl (C=O) groups excluding carboxylic acids is 1. The number of nitriles is 1. The van der Waals surface area contributed by atoms with Crippen LogP contribution in [0.4, 0.5) is 0 Å². The molecule has 1 aliphatic carbocycles. The Balaban J connectivity index is 2.40. The summed E-state index contributed by atoms with van der Waals surface area (Å²) >= 11 is 0. The minimum Gasteiger partial charge on any atom is -0.351 e. The number of nitrogens with zero attached hydrogens (tertiary/aromatic N) is 1. The molecule has 0 aromatic heterocycles. The Hall–Kier alpha value is -1.30. The van der Waals surface area contributed by atoms with Crippen molar-refractivity contribution in [3.8, 4) is 6.07 Å². The van der Waals surface area contributed by atoms with Gasteiger partial charge in [0, 0.05) is 6.54 Å². The summed E-state index contributed by atoms with van der Waals surface area (Å²) < 4.78 is 0. The molecule has 1 rings (SSSR count). The van der Waals surface area contributed by atoms with Crippen LogP contribution in [0.5, 0.6) is 0 Å². The summed E-state index contributed by atoms with van der Waals surface area (Å²) in [6, 6.07) is 2.03. The van der Waals surface area contributed by atoms with E-state index in [4.69, 9.17) is 5.26 Å². The van der Waals surface area contributed by atoms with Crippen molar-refractivity contribution in [3.63, 3.8) is 0 Å². The Labute approximate surface area is 72.1 Å². The van der Waals surface area contributed by atoms with E-state index in [1.165, 1.54) is 0 Å². The van der Waals surface area contributed by atoms with E-state index in [0.717, 1.165) is 5.57 Å². The maximum atomic E-state index is 11.3. The lowest BCUT2D eigenvalue weighted by molar-refractivity contribution is -0.124. The van der Waals surface area contributed by atoms with Crippen molar-refractivity contribution >= 4 is 5.91 Å². The zero-order valence-corrected chi connectivity index (χ0v) is 7.18. The maximum absolute atomic E-state index is 11.3. The van der Waals surface area contributed by atoms with E-state index in [9.17, 15) is 4.79 Å². The van der Waals surface area contributed by atoms with E-state index < -0.39 is 5.41 Å². The molecule has 1 saturated carbocycles. The fraction of sp³-hybridized carbons (Fsp3) is 0.556. The second-order valence-corrected chi connectivity index (χ2v) is 3.33. The first-order valence-corrected chi connectivity index (χ1v) is 3.95. The van der Waals surface area contributed by atoms with Gasteiger partial charge in [-0.1, -0.05) is 12.2 Å². The standard InChI is InChI=1S/C9H12N2O/c1-7(2)5-11-8(12)9(6-10)3-4-9/h1,3-5H2,2H3,(H,11,12). The van der Waals surface area contributed by atoms with Gasteiger partial charge < -0.3 is 5.32 Å². The third kappa shape index (κ3) is 1.65. The Morgan fingerprint density at radius 1 is 1.75 bits per heavy atom. The summed E-state index contributed by atoms with van der Waals surface area (Å²) in [5.41, 5.74) is 0.201. The smallest absolute Gasteiger partial charge is 0.240 e. The second-order valence-electron chi connectivity index (χ2n) is 3.33. The number of carbonyl (C=O) groups is 1. The Morgan fingerprint density at radius 3 is 2.67 bits per heavy atom. The summed E-state index contributed by atoms with van der Waals surface area (Å²) in [6.45, 7) is 5.97. The van der Waals surface area contributed by atoms with Crippen molar-refractivity contribution in [1.82, 2.24) is 5.32 Å². The fourth-order valence-corrected chi connectivity index (χ4v) is 0.915. The van der Waals surface area contributed by atoms with Crippen LogP contribution in [0.3, 0.4) is 0 Å². The predicted octanol–water partition coefficient (Wildman–Crippen LogP) is 0.982. The largest absolute Gasteiger partial charge is 0.351 e. The van der Waals surface area contributed by atoms with Crippen LogP contribution >= 0.6 is 0 Å². The molecule has 64 valence electrons. The molecule has 0 spiro atoms. The van der Waals surface area contributed by atoms with E-state index in [1.54, 1.807) is 0 Å². The zero-order valence-electron chi connectivity index (χ0n) is 7.18. The number of hydrogen-bond donors (Lipinski definition) is 1. The Bertz CT molecular complexity index is 258. The van der Waals surface area contributed by atoms with Crippen LogP contribution in [-0.4, -0.2) is 12.5 Å². The first-order chi connectivity index (χ1) is 5.60. The monoisotopic (exact) mass is 164 g/mol. The Morgan fingerprint density at radius 2 is 2.33 bits per heavy atom. The molecule has 12 heavy (non-hydrogen) atoms. The molecule has 1 fully saturated rings. The highest BCUT2D eigenvalue weighted by Gasteiger charge is 2.50. The van der Waals surface area contributed by atoms with Crippen LogP contribution in [0.15, 0.2) is 12.2 Å². The molecule has 3 nitrogen and oxygen atoms in total. The number of nitrogens with one attached hydrogen (secondary N) is 1. The summed E-state index contributed by atoms with van der Waals surface area (Å²) in [7, 11) is 0. The highest BCUT2D eigenvalue weighted by molar-refractivity contribution is 5.88. The molecule has 0 radical (unpaired) electrons. The van der Waals surface area contributed by atoms with Gasteiger partial charge in [0.1, 0.15) is 5.41 Å². The van der Waals surface area contributed by atoms with Crippen molar-refractivity contribution in [1.29, 1.82) is 5.26 Å². The fourth-order valence-electron chi connectivity index (χ4n) is 0.915. The lowest BCUT2D eigenvalue weighted by atomic mass is 10.1. The normalized spacial score (nSPS) is 17.7. The lowest BCUT2D eigenvalue weighted by Crippen LogP contribution is -2.32. The van der Waals surface area contributed by atoms with E-state index in [-0.39, 0.29) is 5.91 Å². The molecular formula is C9H12N2O. The van der Waals surface area contributed by atoms with Crippen LogP contribution in [0.2, 0.25) is 0 Å². The summed E-state index contributed by atoms with van der Waals surface area (Å²) in [6.07, 6.45) is 1.40. The minimum atomic E-state index is -0.699. The summed E-state index contributed by atoms with van der Waals surface area (Å²) in [5, 5.41) is 11.3. The van der Waals surface area contributed by atoms with Gasteiger partial charge in [-0.15, -0.1) is 0 Å². The molecular weight excluding hydrogens is 152 g/mol. The molecule has 0 aromatic carbocycles. The summed E-state index contributed by atoms with van der Waals surface area (Å²) in [5.74, 6) is -0.145. The van der Waals surface area contributed by atoms with E-state index in [1.807, 2.05) is 13.0 Å². The SMILES string of the molecule is C=C(C)CNC(=O)C1(C#N)CC1. The van der Waals surface area contributed by atoms with Gasteiger partial charge in [0.05, 0.1) is 6.07 Å². The summed E-state index contributed by atoms with van der Waals surface area (Å²) in [4.78, 5) is 11.3. The molecule has 1 N–H and O–H groups in total. The van der Waals surface area contributed by atoms with Gasteiger partial charge in [0.2, 0.25) is 5.91 Å². The molecule has 0 aromatic rings. The topological polar surface area (TPSA) is 52.9 Å². The van der Waals surface area contributed by atoms with Crippen molar-refractivity contribution in [3.05, 3.63) is 12.2 Å². The van der Waals surface area contributed by atoms with Gasteiger partial charge in [-0.05, 0) is 19.8 Å². The number of hydrogen-bond acceptors (Lipinski definition) is 2. The van der Waals surface area contributed by atoms with E-state index in [2.05, 4.69) is 11.9 Å². The molecule has 0 aliphatic heterocycles. The first-order valence-electron chi connectivity index (χ1n) is 3.95. The average molecular weight is 164 g/mol. The third-order valence-electron chi connectivity index (χ3n) is 1.95. The quantitative estimate of drug-likeness (QED) is 0.632. The van der Waals surface area contributed by atoms with Gasteiger partial charge in [-0.2, -0.15) is 5.26 Å². The molecule has 1 aliphatic rings. The van der Waals surface area contributed by atoms with Crippen LogP contribution in [0, 0.1) is 16.7 Å². The highest BCUT2D eigenvalue weighted by Crippen LogP contribution is 2.44. The van der Waals surface area contributed by atoms with Gasteiger partial charge in [-0.25, -0.2) is 0 Å². The highest BCUT2D eigenvalue weighted by atomic mass is 16.2. The molecule has 0 heterocycles. The first kappa shape index (κ1) is 8.79. The van der Waals surface area contributed by atoms with Crippen molar-refractivity contribution in [2.24, 2.45) is 5.41 Å². The second kappa shape index (κ2) is 2.98. The average Bonchev–Trinajstić information content (AvgIpc) is 2.80. The third-order valence-corrected chi connectivity index (χ3v) is 1.95. The van der Waals surface area contributed by atoms with Crippen LogP contribution in [0.25, 0.3) is 0 Å². The molecule has 0 atom stereocenters. The maximum Gasteiger partial charge on any atom is 0.240 e. The van der Waals surface area contributed by atoms with Gasteiger partial charge >= 0.3 is 0 Å². The molecule has 1 amide bonds. The molecule has 0 bridgehead atoms. The van der Waals surface area contributed by atoms with Gasteiger partial charge in [0.15, 0.2) is 0 Å². The molecule has 0 unspecified atom stereocenters. The van der Waals surface area contributed by atoms with E-state index >= 15 is 0 Å². The van der Waals surface area contributed by atoms with Crippen LogP contribution in [-0.2, 0) is 4.79 Å². The number of rotatable bonds is 3. The number of amides is 1. The minimum absolute atomic E-state index is 0.145. The Kier molecular flexibility index (Phi) is 2.18. The van der Waals surface area contributed by atoms with Crippen LogP contribution < -0.4 is 5.32 Å². The van der Waals surface area contributed by atoms with Crippen molar-refractivity contribution in [2.45, 2.75) is 19.8 Å². The van der Waals surface area contributed by atoms with Crippen molar-refractivity contribution < 1.29 is 4.79 Å². The van der Waals surface area contributed by atoms with Crippen molar-refractivity contribution in [2.75, 3.05) is 6.54 Å². The molecule has 3 heteroatoms.